The normalized spacial score (nSPS) is 11.0. The molecule has 8 heteroatoms. The van der Waals surface area contributed by atoms with E-state index in [1.807, 2.05) is 48.5 Å². The number of H-pyrrole nitrogens is 1. The van der Waals surface area contributed by atoms with Gasteiger partial charge in [-0.15, -0.1) is 0 Å². The fourth-order valence-electron chi connectivity index (χ4n) is 2.73. The summed E-state index contributed by atoms with van der Waals surface area (Å²) >= 11 is 1.64. The summed E-state index contributed by atoms with van der Waals surface area (Å²) in [5.74, 6) is 1.78. The van der Waals surface area contributed by atoms with Gasteiger partial charge in [0.2, 0.25) is 5.89 Å². The zero-order valence-corrected chi connectivity index (χ0v) is 16.1. The summed E-state index contributed by atoms with van der Waals surface area (Å²) in [4.78, 5) is 24.2. The number of nitrogens with one attached hydrogen (secondary N) is 2. The molecule has 142 valence electrons. The van der Waals surface area contributed by atoms with E-state index >= 15 is 0 Å². The number of rotatable bonds is 7. The first kappa shape index (κ1) is 18.2. The van der Waals surface area contributed by atoms with E-state index in [1.54, 1.807) is 18.7 Å². The third-order valence-electron chi connectivity index (χ3n) is 4.15. The topological polar surface area (TPSA) is 96.7 Å². The van der Waals surface area contributed by atoms with Crippen LogP contribution in [-0.2, 0) is 12.2 Å². The Morgan fingerprint density at radius 3 is 2.71 bits per heavy atom. The van der Waals surface area contributed by atoms with Crippen LogP contribution in [0.4, 0.5) is 0 Å². The Balaban J connectivity index is 1.28. The van der Waals surface area contributed by atoms with Gasteiger partial charge in [-0.25, -0.2) is 4.98 Å². The number of aryl methyl sites for hydroxylation is 1. The minimum atomic E-state index is -0.118. The predicted octanol–water partition coefficient (Wildman–Crippen LogP) is 3.52. The van der Waals surface area contributed by atoms with Crippen molar-refractivity contribution in [1.29, 1.82) is 0 Å². The third-order valence-corrected chi connectivity index (χ3v) is 5.10. The summed E-state index contributed by atoms with van der Waals surface area (Å²) in [5, 5.41) is 7.48. The molecule has 0 aliphatic rings. The Labute approximate surface area is 166 Å². The maximum absolute atomic E-state index is 12.2. The summed E-state index contributed by atoms with van der Waals surface area (Å²) in [6.07, 6.45) is 0.513. The molecule has 0 saturated carbocycles. The molecular weight excluding hydrogens is 374 g/mol. The van der Waals surface area contributed by atoms with Crippen molar-refractivity contribution in [2.24, 2.45) is 0 Å². The van der Waals surface area contributed by atoms with Gasteiger partial charge < -0.3 is 14.8 Å². The van der Waals surface area contributed by atoms with Crippen LogP contribution in [0.1, 0.15) is 27.6 Å². The van der Waals surface area contributed by atoms with Crippen molar-refractivity contribution < 1.29 is 9.32 Å². The van der Waals surface area contributed by atoms with Crippen molar-refractivity contribution in [2.45, 2.75) is 24.3 Å². The highest BCUT2D eigenvalue weighted by Crippen LogP contribution is 2.23. The Hall–Kier alpha value is -3.13. The van der Waals surface area contributed by atoms with Crippen LogP contribution in [0, 0.1) is 6.92 Å². The molecule has 0 unspecified atom stereocenters. The third kappa shape index (κ3) is 4.40. The zero-order valence-electron chi connectivity index (χ0n) is 15.3. The van der Waals surface area contributed by atoms with Gasteiger partial charge in [0.1, 0.15) is 0 Å². The van der Waals surface area contributed by atoms with Crippen molar-refractivity contribution >= 4 is 28.7 Å². The SMILES string of the molecule is Cc1noc(CCNC(=O)c2ccc(CSc3nc4ccccc4[nH]3)cc2)n1. The van der Waals surface area contributed by atoms with Crippen molar-refractivity contribution in [3.05, 3.63) is 71.4 Å². The quantitative estimate of drug-likeness (QED) is 0.466. The Morgan fingerprint density at radius 1 is 1.14 bits per heavy atom. The molecule has 2 N–H and O–H groups in total. The van der Waals surface area contributed by atoms with Crippen LogP contribution in [0.5, 0.6) is 0 Å². The van der Waals surface area contributed by atoms with Crippen LogP contribution < -0.4 is 5.32 Å². The van der Waals surface area contributed by atoms with Crippen LogP contribution in [0.3, 0.4) is 0 Å². The molecule has 0 radical (unpaired) electrons. The minimum Gasteiger partial charge on any atom is -0.352 e. The number of benzene rings is 2. The van der Waals surface area contributed by atoms with Gasteiger partial charge in [0.15, 0.2) is 11.0 Å². The lowest BCUT2D eigenvalue weighted by molar-refractivity contribution is 0.0953. The molecule has 0 bridgehead atoms. The van der Waals surface area contributed by atoms with Gasteiger partial charge in [-0.3, -0.25) is 4.79 Å². The zero-order chi connectivity index (χ0) is 19.3. The fourth-order valence-corrected chi connectivity index (χ4v) is 3.57. The van der Waals surface area contributed by atoms with Gasteiger partial charge in [-0.05, 0) is 36.8 Å². The average molecular weight is 393 g/mol. The Bertz CT molecular complexity index is 1050. The molecule has 1 amide bonds. The second kappa shape index (κ2) is 8.26. The van der Waals surface area contributed by atoms with E-state index in [0.29, 0.717) is 30.2 Å². The number of imidazole rings is 1. The van der Waals surface area contributed by atoms with Crippen LogP contribution in [-0.4, -0.2) is 32.6 Å². The Morgan fingerprint density at radius 2 is 1.96 bits per heavy atom. The summed E-state index contributed by atoms with van der Waals surface area (Å²) in [5.41, 5.74) is 3.75. The van der Waals surface area contributed by atoms with Crippen LogP contribution in [0.25, 0.3) is 11.0 Å². The van der Waals surface area contributed by atoms with E-state index in [2.05, 4.69) is 25.4 Å². The van der Waals surface area contributed by atoms with Crippen LogP contribution in [0.15, 0.2) is 58.2 Å². The molecule has 2 aromatic heterocycles. The number of hydrogen-bond donors (Lipinski definition) is 2. The number of hydrogen-bond acceptors (Lipinski definition) is 6. The van der Waals surface area contributed by atoms with Gasteiger partial charge in [-0.1, -0.05) is 41.2 Å². The monoisotopic (exact) mass is 393 g/mol. The number of aromatic nitrogens is 4. The number of carbonyl (C=O) groups is 1. The number of fused-ring (bicyclic) bond motifs is 1. The number of carbonyl (C=O) groups excluding carboxylic acids is 1. The van der Waals surface area contributed by atoms with Crippen molar-refractivity contribution in [1.82, 2.24) is 25.4 Å². The highest BCUT2D eigenvalue weighted by Gasteiger charge is 2.08. The first-order valence-corrected chi connectivity index (χ1v) is 9.90. The fraction of sp³-hybridized carbons (Fsp3) is 0.200. The summed E-state index contributed by atoms with van der Waals surface area (Å²) in [6, 6.07) is 15.6. The lowest BCUT2D eigenvalue weighted by Crippen LogP contribution is -2.25. The molecule has 2 aromatic carbocycles. The van der Waals surface area contributed by atoms with E-state index in [1.165, 1.54) is 0 Å². The van der Waals surface area contributed by atoms with Crippen LogP contribution in [0.2, 0.25) is 0 Å². The van der Waals surface area contributed by atoms with Gasteiger partial charge in [0, 0.05) is 24.3 Å². The molecule has 0 aliphatic heterocycles. The number of para-hydroxylation sites is 2. The largest absolute Gasteiger partial charge is 0.352 e. The van der Waals surface area contributed by atoms with Crippen molar-refractivity contribution in [2.75, 3.05) is 6.54 Å². The van der Waals surface area contributed by atoms with E-state index in [-0.39, 0.29) is 5.91 Å². The van der Waals surface area contributed by atoms with E-state index < -0.39 is 0 Å². The second-order valence-corrected chi connectivity index (χ2v) is 7.25. The predicted molar refractivity (Wildman–Crippen MR) is 107 cm³/mol. The first-order chi connectivity index (χ1) is 13.7. The Kier molecular flexibility index (Phi) is 5.38. The van der Waals surface area contributed by atoms with Gasteiger partial charge in [-0.2, -0.15) is 4.98 Å². The van der Waals surface area contributed by atoms with Gasteiger partial charge >= 0.3 is 0 Å². The lowest BCUT2D eigenvalue weighted by Gasteiger charge is -2.05. The van der Waals surface area contributed by atoms with Gasteiger partial charge in [0.25, 0.3) is 5.91 Å². The molecule has 4 aromatic rings. The molecule has 0 fully saturated rings. The summed E-state index contributed by atoms with van der Waals surface area (Å²) < 4.78 is 5.03. The molecule has 28 heavy (non-hydrogen) atoms. The van der Waals surface area contributed by atoms with Gasteiger partial charge in [0.05, 0.1) is 11.0 Å². The number of thioether (sulfide) groups is 1. The van der Waals surface area contributed by atoms with E-state index in [0.717, 1.165) is 27.5 Å². The lowest BCUT2D eigenvalue weighted by atomic mass is 10.1. The molecule has 0 saturated heterocycles. The first-order valence-electron chi connectivity index (χ1n) is 8.91. The molecule has 0 atom stereocenters. The number of amides is 1. The van der Waals surface area contributed by atoms with E-state index in [4.69, 9.17) is 4.52 Å². The maximum Gasteiger partial charge on any atom is 0.251 e. The summed E-state index contributed by atoms with van der Waals surface area (Å²) in [7, 11) is 0. The molecule has 4 rings (SSSR count). The van der Waals surface area contributed by atoms with Crippen molar-refractivity contribution in [3.63, 3.8) is 0 Å². The molecule has 0 aliphatic carbocycles. The highest BCUT2D eigenvalue weighted by molar-refractivity contribution is 7.98. The standard InChI is InChI=1S/C20H19N5O2S/c1-13-22-18(27-25-13)10-11-21-19(26)15-8-6-14(7-9-15)12-28-20-23-16-4-2-3-5-17(16)24-20/h2-9H,10-12H2,1H3,(H,21,26)(H,23,24). The maximum atomic E-state index is 12.2. The van der Waals surface area contributed by atoms with Crippen LogP contribution >= 0.6 is 11.8 Å². The van der Waals surface area contributed by atoms with E-state index in [9.17, 15) is 4.79 Å². The minimum absolute atomic E-state index is 0.118. The smallest absolute Gasteiger partial charge is 0.251 e. The molecule has 2 heterocycles. The highest BCUT2D eigenvalue weighted by atomic mass is 32.2. The molecule has 7 nitrogen and oxygen atoms in total. The number of nitrogens with zero attached hydrogens (tertiary/aromatic N) is 3. The van der Waals surface area contributed by atoms with Crippen molar-refractivity contribution in [3.8, 4) is 0 Å². The average Bonchev–Trinajstić information content (AvgIpc) is 3.32. The second-order valence-electron chi connectivity index (χ2n) is 6.29. The molecule has 0 spiro atoms. The number of aromatic amines is 1. The summed E-state index contributed by atoms with van der Waals surface area (Å²) in [6.45, 7) is 2.21. The molecular formula is C20H19N5O2S.